The maximum atomic E-state index is 12.2. The summed E-state index contributed by atoms with van der Waals surface area (Å²) < 4.78 is 7.22. The third-order valence-electron chi connectivity index (χ3n) is 3.69. The van der Waals surface area contributed by atoms with Gasteiger partial charge in [-0.25, -0.2) is 10.1 Å². The molecule has 1 aromatic carbocycles. The molecule has 7 nitrogen and oxygen atoms in total. The van der Waals surface area contributed by atoms with Gasteiger partial charge < -0.3 is 9.64 Å². The molecule has 3 aromatic rings. The number of benzene rings is 1. The molecule has 1 aliphatic heterocycles. The Kier molecular flexibility index (Phi) is 3.47. The van der Waals surface area contributed by atoms with Crippen LogP contribution in [-0.4, -0.2) is 62.4 Å². The van der Waals surface area contributed by atoms with E-state index in [1.54, 1.807) is 0 Å². The van der Waals surface area contributed by atoms with Crippen molar-refractivity contribution >= 4 is 34.5 Å². The molecule has 4 rings (SSSR count). The number of para-hydroxylation sites is 2. The van der Waals surface area contributed by atoms with E-state index in [4.69, 9.17) is 4.74 Å². The number of nitrogens with zero attached hydrogens (tertiary/aromatic N) is 4. The number of amides is 1. The Morgan fingerprint density at radius 2 is 2.14 bits per heavy atom. The molecule has 0 radical (unpaired) electrons. The van der Waals surface area contributed by atoms with Crippen molar-refractivity contribution in [3.05, 3.63) is 24.3 Å². The molecule has 8 heteroatoms. The minimum Gasteiger partial charge on any atom is -0.378 e. The molecule has 114 valence electrons. The van der Waals surface area contributed by atoms with Gasteiger partial charge in [-0.1, -0.05) is 23.9 Å². The molecule has 1 N–H and O–H groups in total. The lowest BCUT2D eigenvalue weighted by atomic mass is 10.3. The lowest BCUT2D eigenvalue weighted by molar-refractivity contribution is -0.132. The second kappa shape index (κ2) is 5.62. The number of hydrogen-bond acceptors (Lipinski definition) is 5. The number of H-pyrrole nitrogens is 1. The summed E-state index contributed by atoms with van der Waals surface area (Å²) in [5, 5.41) is 7.94. The fourth-order valence-corrected chi connectivity index (χ4v) is 3.43. The molecule has 1 fully saturated rings. The fourth-order valence-electron chi connectivity index (χ4n) is 2.57. The molecule has 0 saturated carbocycles. The molecule has 22 heavy (non-hydrogen) atoms. The largest absolute Gasteiger partial charge is 0.378 e. The summed E-state index contributed by atoms with van der Waals surface area (Å²) in [5.41, 5.74) is 1.91. The summed E-state index contributed by atoms with van der Waals surface area (Å²) in [6, 6.07) is 7.88. The topological polar surface area (TPSA) is 75.5 Å². The summed E-state index contributed by atoms with van der Waals surface area (Å²) in [7, 11) is 0. The average molecular weight is 317 g/mol. The highest BCUT2D eigenvalue weighted by Crippen LogP contribution is 2.23. The number of carbonyl (C=O) groups is 1. The SMILES string of the molecule is O=C(CSc1n[nH]c2nc3ccccc3n12)N1CCOCC1. The Morgan fingerprint density at radius 3 is 3.00 bits per heavy atom. The van der Waals surface area contributed by atoms with E-state index in [0.29, 0.717) is 37.8 Å². The van der Waals surface area contributed by atoms with Crippen LogP contribution in [0.1, 0.15) is 0 Å². The van der Waals surface area contributed by atoms with Crippen LogP contribution >= 0.6 is 11.8 Å². The Bertz CT molecular complexity index is 821. The molecule has 0 atom stereocenters. The van der Waals surface area contributed by atoms with Crippen LogP contribution in [0.25, 0.3) is 16.8 Å². The molecule has 1 amide bonds. The van der Waals surface area contributed by atoms with E-state index in [0.717, 1.165) is 16.2 Å². The highest BCUT2D eigenvalue weighted by molar-refractivity contribution is 7.99. The van der Waals surface area contributed by atoms with Crippen molar-refractivity contribution in [2.75, 3.05) is 32.1 Å². The van der Waals surface area contributed by atoms with E-state index in [-0.39, 0.29) is 5.91 Å². The Hall–Kier alpha value is -2.06. The number of hydrogen-bond donors (Lipinski definition) is 1. The van der Waals surface area contributed by atoms with Crippen LogP contribution in [0.4, 0.5) is 0 Å². The molecule has 0 spiro atoms. The number of imidazole rings is 1. The van der Waals surface area contributed by atoms with Crippen LogP contribution < -0.4 is 0 Å². The number of aromatic amines is 1. The van der Waals surface area contributed by atoms with Gasteiger partial charge in [0, 0.05) is 13.1 Å². The number of fused-ring (bicyclic) bond motifs is 3. The first-order valence-corrected chi connectivity index (χ1v) is 8.11. The van der Waals surface area contributed by atoms with Gasteiger partial charge >= 0.3 is 0 Å². The van der Waals surface area contributed by atoms with Gasteiger partial charge in [0.2, 0.25) is 11.7 Å². The van der Waals surface area contributed by atoms with Crippen LogP contribution in [0.15, 0.2) is 29.4 Å². The van der Waals surface area contributed by atoms with Gasteiger partial charge in [-0.15, -0.1) is 5.10 Å². The maximum absolute atomic E-state index is 12.2. The quantitative estimate of drug-likeness (QED) is 0.734. The van der Waals surface area contributed by atoms with E-state index < -0.39 is 0 Å². The second-order valence-electron chi connectivity index (χ2n) is 5.05. The molecule has 1 aliphatic rings. The number of morpholine rings is 1. The molecule has 2 aromatic heterocycles. The lowest BCUT2D eigenvalue weighted by Gasteiger charge is -2.26. The van der Waals surface area contributed by atoms with Gasteiger partial charge in [-0.3, -0.25) is 9.20 Å². The van der Waals surface area contributed by atoms with E-state index in [1.165, 1.54) is 11.8 Å². The van der Waals surface area contributed by atoms with Crippen LogP contribution in [0.5, 0.6) is 0 Å². The summed E-state index contributed by atoms with van der Waals surface area (Å²) in [6.45, 7) is 2.58. The molecular weight excluding hydrogens is 302 g/mol. The predicted octanol–water partition coefficient (Wildman–Crippen LogP) is 1.16. The smallest absolute Gasteiger partial charge is 0.233 e. The predicted molar refractivity (Wildman–Crippen MR) is 83.0 cm³/mol. The number of carbonyl (C=O) groups excluding carboxylic acids is 1. The first-order valence-electron chi connectivity index (χ1n) is 7.13. The summed E-state index contributed by atoms with van der Waals surface area (Å²) in [6.07, 6.45) is 0. The zero-order chi connectivity index (χ0) is 14.9. The van der Waals surface area contributed by atoms with E-state index in [9.17, 15) is 4.79 Å². The van der Waals surface area contributed by atoms with Gasteiger partial charge in [0.15, 0.2) is 5.16 Å². The third-order valence-corrected chi connectivity index (χ3v) is 4.62. The molecule has 0 unspecified atom stereocenters. The standard InChI is InChI=1S/C14H15N5O2S/c20-12(18-5-7-21-8-6-18)9-22-14-17-16-13-15-10-3-1-2-4-11(10)19(13)14/h1-4H,5-9H2,(H,15,16). The average Bonchev–Trinajstić information content (AvgIpc) is 3.12. The third kappa shape index (κ3) is 2.34. The zero-order valence-electron chi connectivity index (χ0n) is 11.9. The van der Waals surface area contributed by atoms with E-state index in [1.807, 2.05) is 33.6 Å². The van der Waals surface area contributed by atoms with Crippen molar-refractivity contribution in [1.29, 1.82) is 0 Å². The van der Waals surface area contributed by atoms with Gasteiger partial charge in [-0.05, 0) is 12.1 Å². The van der Waals surface area contributed by atoms with Gasteiger partial charge in [0.05, 0.1) is 30.0 Å². The van der Waals surface area contributed by atoms with Gasteiger partial charge in [0.1, 0.15) is 0 Å². The molecule has 3 heterocycles. The van der Waals surface area contributed by atoms with E-state index in [2.05, 4.69) is 15.2 Å². The maximum Gasteiger partial charge on any atom is 0.233 e. The highest BCUT2D eigenvalue weighted by atomic mass is 32.2. The van der Waals surface area contributed by atoms with Crippen LogP contribution in [0.3, 0.4) is 0 Å². The minimum absolute atomic E-state index is 0.119. The molecular formula is C14H15N5O2S. The van der Waals surface area contributed by atoms with Crippen molar-refractivity contribution in [3.8, 4) is 0 Å². The lowest BCUT2D eigenvalue weighted by Crippen LogP contribution is -2.41. The van der Waals surface area contributed by atoms with Crippen molar-refractivity contribution in [3.63, 3.8) is 0 Å². The molecule has 0 aliphatic carbocycles. The number of rotatable bonds is 3. The zero-order valence-corrected chi connectivity index (χ0v) is 12.7. The summed E-state index contributed by atoms with van der Waals surface area (Å²) >= 11 is 1.43. The van der Waals surface area contributed by atoms with Crippen molar-refractivity contribution in [2.45, 2.75) is 5.16 Å². The Balaban J connectivity index is 1.55. The summed E-state index contributed by atoms with van der Waals surface area (Å²) in [4.78, 5) is 18.5. The first kappa shape index (κ1) is 13.6. The molecule has 1 saturated heterocycles. The number of aromatic nitrogens is 4. The van der Waals surface area contributed by atoms with Gasteiger partial charge in [-0.2, -0.15) is 0 Å². The first-order chi connectivity index (χ1) is 10.8. The monoisotopic (exact) mass is 317 g/mol. The van der Waals surface area contributed by atoms with Crippen LogP contribution in [0.2, 0.25) is 0 Å². The fraction of sp³-hybridized carbons (Fsp3) is 0.357. The minimum atomic E-state index is 0.119. The van der Waals surface area contributed by atoms with Crippen LogP contribution in [0, 0.1) is 0 Å². The van der Waals surface area contributed by atoms with E-state index >= 15 is 0 Å². The van der Waals surface area contributed by atoms with Crippen molar-refractivity contribution in [1.82, 2.24) is 24.5 Å². The van der Waals surface area contributed by atoms with Crippen LogP contribution in [-0.2, 0) is 9.53 Å². The summed E-state index contributed by atoms with van der Waals surface area (Å²) in [5.74, 6) is 1.18. The number of nitrogens with one attached hydrogen (secondary N) is 1. The van der Waals surface area contributed by atoms with Crippen molar-refractivity contribution < 1.29 is 9.53 Å². The van der Waals surface area contributed by atoms with Crippen molar-refractivity contribution in [2.24, 2.45) is 0 Å². The normalized spacial score (nSPS) is 15.7. The Labute approximate surface area is 130 Å². The Morgan fingerprint density at radius 1 is 1.32 bits per heavy atom. The highest BCUT2D eigenvalue weighted by Gasteiger charge is 2.19. The van der Waals surface area contributed by atoms with Gasteiger partial charge in [0.25, 0.3) is 0 Å². The number of thioether (sulfide) groups is 1. The molecule has 0 bridgehead atoms. The number of ether oxygens (including phenoxy) is 1. The second-order valence-corrected chi connectivity index (χ2v) is 5.99.